The largest absolute Gasteiger partial charge is 0.481 e. The van der Waals surface area contributed by atoms with Crippen molar-refractivity contribution in [2.24, 2.45) is 5.92 Å². The number of carboxylic acids is 1. The van der Waals surface area contributed by atoms with E-state index >= 15 is 0 Å². The number of urea groups is 1. The van der Waals surface area contributed by atoms with E-state index in [4.69, 9.17) is 5.11 Å². The number of rotatable bonds is 5. The Morgan fingerprint density at radius 2 is 2.06 bits per heavy atom. The lowest BCUT2D eigenvalue weighted by atomic mass is 9.82. The third-order valence-electron chi connectivity index (χ3n) is 2.88. The Bertz CT molecular complexity index is 262. The Hall–Kier alpha value is -1.26. The summed E-state index contributed by atoms with van der Waals surface area (Å²) < 4.78 is 0. The van der Waals surface area contributed by atoms with Gasteiger partial charge in [-0.2, -0.15) is 0 Å². The van der Waals surface area contributed by atoms with Crippen LogP contribution in [0.3, 0.4) is 0 Å². The summed E-state index contributed by atoms with van der Waals surface area (Å²) >= 11 is 0. The SMILES string of the molecule is CC1CC(NC(=O)NC(C)CCC(=O)O)C1. The molecule has 2 amide bonds. The monoisotopic (exact) mass is 228 g/mol. The lowest BCUT2D eigenvalue weighted by molar-refractivity contribution is -0.137. The second-order valence-electron chi connectivity index (χ2n) is 4.72. The van der Waals surface area contributed by atoms with Crippen molar-refractivity contribution < 1.29 is 14.7 Å². The van der Waals surface area contributed by atoms with Crippen LogP contribution in [0.2, 0.25) is 0 Å². The van der Waals surface area contributed by atoms with E-state index in [0.717, 1.165) is 12.8 Å². The van der Waals surface area contributed by atoms with Gasteiger partial charge in [0.05, 0.1) is 0 Å². The van der Waals surface area contributed by atoms with Crippen molar-refractivity contribution in [1.82, 2.24) is 10.6 Å². The maximum atomic E-state index is 11.4. The van der Waals surface area contributed by atoms with Gasteiger partial charge in [-0.15, -0.1) is 0 Å². The zero-order valence-electron chi connectivity index (χ0n) is 9.82. The van der Waals surface area contributed by atoms with Gasteiger partial charge in [-0.3, -0.25) is 4.79 Å². The molecule has 92 valence electrons. The van der Waals surface area contributed by atoms with Crippen LogP contribution in [-0.4, -0.2) is 29.2 Å². The van der Waals surface area contributed by atoms with Crippen LogP contribution in [0.5, 0.6) is 0 Å². The molecule has 0 radical (unpaired) electrons. The maximum absolute atomic E-state index is 11.4. The highest BCUT2D eigenvalue weighted by molar-refractivity contribution is 5.74. The normalized spacial score (nSPS) is 25.4. The van der Waals surface area contributed by atoms with Gasteiger partial charge in [-0.05, 0) is 32.1 Å². The standard InChI is InChI=1S/C11H20N2O3/c1-7-5-9(6-7)13-11(16)12-8(2)3-4-10(14)15/h7-9H,3-6H2,1-2H3,(H,14,15)(H2,12,13,16). The molecule has 5 heteroatoms. The summed E-state index contributed by atoms with van der Waals surface area (Å²) in [5.41, 5.74) is 0. The van der Waals surface area contributed by atoms with E-state index < -0.39 is 5.97 Å². The first-order chi connectivity index (χ1) is 7.47. The molecule has 0 aliphatic heterocycles. The van der Waals surface area contributed by atoms with E-state index in [1.807, 2.05) is 6.92 Å². The third-order valence-corrected chi connectivity index (χ3v) is 2.88. The second-order valence-corrected chi connectivity index (χ2v) is 4.72. The quantitative estimate of drug-likeness (QED) is 0.664. The highest BCUT2D eigenvalue weighted by Crippen LogP contribution is 2.25. The summed E-state index contributed by atoms with van der Waals surface area (Å²) in [6, 6.07) is 0.00469. The smallest absolute Gasteiger partial charge is 0.315 e. The molecule has 1 rings (SSSR count). The molecule has 0 aromatic heterocycles. The van der Waals surface area contributed by atoms with Crippen LogP contribution in [0.4, 0.5) is 4.79 Å². The van der Waals surface area contributed by atoms with Gasteiger partial charge in [0.15, 0.2) is 0 Å². The Morgan fingerprint density at radius 1 is 1.44 bits per heavy atom. The molecule has 16 heavy (non-hydrogen) atoms. The minimum atomic E-state index is -0.832. The summed E-state index contributed by atoms with van der Waals surface area (Å²) in [6.45, 7) is 3.97. The molecule has 3 N–H and O–H groups in total. The molecule has 0 bridgehead atoms. The third kappa shape index (κ3) is 4.51. The highest BCUT2D eigenvalue weighted by Gasteiger charge is 2.26. The molecule has 1 atom stereocenters. The number of aliphatic carboxylic acids is 1. The average Bonchev–Trinajstić information content (AvgIpc) is 2.12. The van der Waals surface area contributed by atoms with E-state index in [2.05, 4.69) is 17.6 Å². The van der Waals surface area contributed by atoms with Crippen LogP contribution in [0.25, 0.3) is 0 Å². The van der Waals surface area contributed by atoms with Crippen molar-refractivity contribution in [2.45, 2.75) is 51.6 Å². The molecule has 0 spiro atoms. The van der Waals surface area contributed by atoms with Gasteiger partial charge in [-0.25, -0.2) is 4.79 Å². The zero-order chi connectivity index (χ0) is 12.1. The first-order valence-corrected chi connectivity index (χ1v) is 5.76. The average molecular weight is 228 g/mol. The molecule has 1 fully saturated rings. The molecule has 1 saturated carbocycles. The molecular weight excluding hydrogens is 208 g/mol. The summed E-state index contributed by atoms with van der Waals surface area (Å²) in [7, 11) is 0. The minimum Gasteiger partial charge on any atom is -0.481 e. The second kappa shape index (κ2) is 5.72. The predicted molar refractivity (Wildman–Crippen MR) is 60.2 cm³/mol. The van der Waals surface area contributed by atoms with Gasteiger partial charge >= 0.3 is 12.0 Å². The lowest BCUT2D eigenvalue weighted by Crippen LogP contribution is -2.49. The Labute approximate surface area is 95.6 Å². The van der Waals surface area contributed by atoms with Crippen LogP contribution in [0.1, 0.15) is 39.5 Å². The number of hydrogen-bond donors (Lipinski definition) is 3. The Kier molecular flexibility index (Phi) is 4.58. The van der Waals surface area contributed by atoms with Crippen LogP contribution >= 0.6 is 0 Å². The van der Waals surface area contributed by atoms with E-state index in [1.54, 1.807) is 0 Å². The lowest BCUT2D eigenvalue weighted by Gasteiger charge is -2.33. The van der Waals surface area contributed by atoms with Gasteiger partial charge in [0, 0.05) is 18.5 Å². The van der Waals surface area contributed by atoms with Crippen LogP contribution in [0.15, 0.2) is 0 Å². The number of hydrogen-bond acceptors (Lipinski definition) is 2. The van der Waals surface area contributed by atoms with Crippen molar-refractivity contribution >= 4 is 12.0 Å². The maximum Gasteiger partial charge on any atom is 0.315 e. The van der Waals surface area contributed by atoms with Gasteiger partial charge in [-0.1, -0.05) is 6.92 Å². The fourth-order valence-electron chi connectivity index (χ4n) is 1.88. The predicted octanol–water partition coefficient (Wildman–Crippen LogP) is 1.34. The zero-order valence-corrected chi connectivity index (χ0v) is 9.82. The van der Waals surface area contributed by atoms with E-state index in [1.165, 1.54) is 0 Å². The van der Waals surface area contributed by atoms with Crippen molar-refractivity contribution in [3.8, 4) is 0 Å². The fraction of sp³-hybridized carbons (Fsp3) is 0.818. The summed E-state index contributed by atoms with van der Waals surface area (Å²) in [6.07, 6.45) is 2.62. The van der Waals surface area contributed by atoms with E-state index in [-0.39, 0.29) is 18.5 Å². The molecule has 0 heterocycles. The molecular formula is C11H20N2O3. The van der Waals surface area contributed by atoms with Gasteiger partial charge in [0.2, 0.25) is 0 Å². The topological polar surface area (TPSA) is 78.4 Å². The Balaban J connectivity index is 2.11. The fourth-order valence-corrected chi connectivity index (χ4v) is 1.88. The van der Waals surface area contributed by atoms with Crippen LogP contribution < -0.4 is 10.6 Å². The first-order valence-electron chi connectivity index (χ1n) is 5.76. The number of carbonyl (C=O) groups excluding carboxylic acids is 1. The van der Waals surface area contributed by atoms with Crippen LogP contribution in [0, 0.1) is 5.92 Å². The molecule has 0 aromatic rings. The summed E-state index contributed by atoms with van der Waals surface area (Å²) in [5, 5.41) is 14.1. The highest BCUT2D eigenvalue weighted by atomic mass is 16.4. The number of amides is 2. The Morgan fingerprint density at radius 3 is 2.56 bits per heavy atom. The van der Waals surface area contributed by atoms with Gasteiger partial charge in [0.25, 0.3) is 0 Å². The van der Waals surface area contributed by atoms with Crippen LogP contribution in [-0.2, 0) is 4.79 Å². The molecule has 1 unspecified atom stereocenters. The van der Waals surface area contributed by atoms with Crippen molar-refractivity contribution in [3.05, 3.63) is 0 Å². The number of carbonyl (C=O) groups is 2. The molecule has 1 aliphatic rings. The van der Waals surface area contributed by atoms with Crippen molar-refractivity contribution in [3.63, 3.8) is 0 Å². The number of nitrogens with one attached hydrogen (secondary N) is 2. The number of carboxylic acid groups (broad SMARTS) is 1. The molecule has 5 nitrogen and oxygen atoms in total. The summed E-state index contributed by atoms with van der Waals surface area (Å²) in [5.74, 6) is -0.128. The minimum absolute atomic E-state index is 0.0852. The van der Waals surface area contributed by atoms with Crippen molar-refractivity contribution in [1.29, 1.82) is 0 Å². The van der Waals surface area contributed by atoms with Gasteiger partial charge in [0.1, 0.15) is 0 Å². The first kappa shape index (κ1) is 12.8. The van der Waals surface area contributed by atoms with Crippen molar-refractivity contribution in [2.75, 3.05) is 0 Å². The molecule has 0 aromatic carbocycles. The van der Waals surface area contributed by atoms with Gasteiger partial charge < -0.3 is 15.7 Å². The molecule has 0 saturated heterocycles. The van der Waals surface area contributed by atoms with E-state index in [9.17, 15) is 9.59 Å². The van der Waals surface area contributed by atoms with E-state index in [0.29, 0.717) is 18.4 Å². The summed E-state index contributed by atoms with van der Waals surface area (Å²) in [4.78, 5) is 21.8. The molecule has 1 aliphatic carbocycles.